The fourth-order valence-corrected chi connectivity index (χ4v) is 3.53. The molecule has 0 saturated carbocycles. The molecule has 0 aliphatic carbocycles. The largest absolute Gasteiger partial charge is 0.378 e. The van der Waals surface area contributed by atoms with Crippen molar-refractivity contribution in [3.8, 4) is 0 Å². The van der Waals surface area contributed by atoms with E-state index in [4.69, 9.17) is 4.74 Å². The highest BCUT2D eigenvalue weighted by Gasteiger charge is 2.33. The molecule has 2 fully saturated rings. The molecule has 3 heteroatoms. The Morgan fingerprint density at radius 3 is 2.83 bits per heavy atom. The predicted molar refractivity (Wildman–Crippen MR) is 75.9 cm³/mol. The second-order valence-corrected chi connectivity index (χ2v) is 6.01. The van der Waals surface area contributed by atoms with E-state index in [0.29, 0.717) is 12.1 Å². The van der Waals surface area contributed by atoms with Gasteiger partial charge in [0.1, 0.15) is 0 Å². The van der Waals surface area contributed by atoms with Crippen molar-refractivity contribution >= 4 is 0 Å². The Morgan fingerprint density at radius 1 is 1.33 bits per heavy atom. The Balaban J connectivity index is 1.96. The second-order valence-electron chi connectivity index (χ2n) is 6.01. The summed E-state index contributed by atoms with van der Waals surface area (Å²) in [7, 11) is 0. The summed E-state index contributed by atoms with van der Waals surface area (Å²) in [5, 5.41) is 3.73. The van der Waals surface area contributed by atoms with Gasteiger partial charge in [0.15, 0.2) is 0 Å². The van der Waals surface area contributed by atoms with E-state index in [9.17, 15) is 0 Å². The average Bonchev–Trinajstić information content (AvgIpc) is 2.39. The standard InChI is InChI=1S/C15H30N2O/c1-4-6-13-11-17(14(5-2)10-16-13)15-7-8-18-12(3)9-15/h12-16H,4-11H2,1-3H3. The van der Waals surface area contributed by atoms with Gasteiger partial charge in [-0.2, -0.15) is 0 Å². The summed E-state index contributed by atoms with van der Waals surface area (Å²) < 4.78 is 5.70. The number of hydrogen-bond acceptors (Lipinski definition) is 3. The molecule has 3 nitrogen and oxygen atoms in total. The van der Waals surface area contributed by atoms with Crippen LogP contribution in [0.5, 0.6) is 0 Å². The lowest BCUT2D eigenvalue weighted by Crippen LogP contribution is -2.60. The lowest BCUT2D eigenvalue weighted by Gasteiger charge is -2.46. The third kappa shape index (κ3) is 3.46. The maximum absolute atomic E-state index is 5.70. The molecular weight excluding hydrogens is 224 g/mol. The van der Waals surface area contributed by atoms with Gasteiger partial charge in [-0.1, -0.05) is 20.3 Å². The van der Waals surface area contributed by atoms with Crippen molar-refractivity contribution in [3.05, 3.63) is 0 Å². The minimum absolute atomic E-state index is 0.445. The van der Waals surface area contributed by atoms with Crippen LogP contribution >= 0.6 is 0 Å². The molecule has 4 unspecified atom stereocenters. The van der Waals surface area contributed by atoms with Gasteiger partial charge in [0.05, 0.1) is 6.10 Å². The molecule has 0 amide bonds. The van der Waals surface area contributed by atoms with Gasteiger partial charge in [0.2, 0.25) is 0 Å². The zero-order chi connectivity index (χ0) is 13.0. The fraction of sp³-hybridized carbons (Fsp3) is 1.00. The highest BCUT2D eigenvalue weighted by Crippen LogP contribution is 2.24. The highest BCUT2D eigenvalue weighted by atomic mass is 16.5. The molecule has 0 spiro atoms. The molecule has 18 heavy (non-hydrogen) atoms. The number of nitrogens with zero attached hydrogens (tertiary/aromatic N) is 1. The molecule has 106 valence electrons. The van der Waals surface area contributed by atoms with Crippen molar-refractivity contribution in [2.45, 2.75) is 77.1 Å². The summed E-state index contributed by atoms with van der Waals surface area (Å²) >= 11 is 0. The topological polar surface area (TPSA) is 24.5 Å². The summed E-state index contributed by atoms with van der Waals surface area (Å²) in [6.45, 7) is 10.2. The van der Waals surface area contributed by atoms with Crippen LogP contribution in [-0.4, -0.2) is 48.8 Å². The maximum Gasteiger partial charge on any atom is 0.0561 e. The molecule has 2 aliphatic heterocycles. The fourth-order valence-electron chi connectivity index (χ4n) is 3.53. The van der Waals surface area contributed by atoms with E-state index in [0.717, 1.165) is 18.7 Å². The number of ether oxygens (including phenoxy) is 1. The smallest absolute Gasteiger partial charge is 0.0561 e. The second kappa shape index (κ2) is 6.88. The van der Waals surface area contributed by atoms with Crippen molar-refractivity contribution in [1.82, 2.24) is 10.2 Å². The van der Waals surface area contributed by atoms with Gasteiger partial charge in [-0.05, 0) is 32.6 Å². The Labute approximate surface area is 112 Å². The molecule has 2 heterocycles. The molecule has 0 aromatic carbocycles. The number of nitrogens with one attached hydrogen (secondary N) is 1. The van der Waals surface area contributed by atoms with Crippen molar-refractivity contribution in [2.75, 3.05) is 19.7 Å². The van der Waals surface area contributed by atoms with Gasteiger partial charge >= 0.3 is 0 Å². The number of piperazine rings is 1. The third-order valence-corrected chi connectivity index (χ3v) is 4.58. The maximum atomic E-state index is 5.70. The molecule has 2 rings (SSSR count). The van der Waals surface area contributed by atoms with Crippen LogP contribution < -0.4 is 5.32 Å². The van der Waals surface area contributed by atoms with Crippen molar-refractivity contribution in [1.29, 1.82) is 0 Å². The van der Waals surface area contributed by atoms with Gasteiger partial charge in [-0.3, -0.25) is 4.90 Å². The van der Waals surface area contributed by atoms with Gasteiger partial charge in [-0.15, -0.1) is 0 Å². The van der Waals surface area contributed by atoms with E-state index in [1.807, 2.05) is 0 Å². The number of rotatable bonds is 4. The van der Waals surface area contributed by atoms with E-state index in [1.54, 1.807) is 0 Å². The van der Waals surface area contributed by atoms with Crippen molar-refractivity contribution in [2.24, 2.45) is 0 Å². The van der Waals surface area contributed by atoms with Crippen LogP contribution in [0.15, 0.2) is 0 Å². The van der Waals surface area contributed by atoms with Gasteiger partial charge in [0, 0.05) is 37.8 Å². The van der Waals surface area contributed by atoms with Crippen molar-refractivity contribution < 1.29 is 4.74 Å². The first kappa shape index (κ1) is 14.3. The van der Waals surface area contributed by atoms with Crippen LogP contribution in [-0.2, 0) is 4.74 Å². The molecule has 4 atom stereocenters. The SMILES string of the molecule is CCCC1CN(C2CCOC(C)C2)C(CC)CN1. The quantitative estimate of drug-likeness (QED) is 0.834. The first-order valence-electron chi connectivity index (χ1n) is 7.85. The lowest BCUT2D eigenvalue weighted by molar-refractivity contribution is -0.0386. The van der Waals surface area contributed by atoms with E-state index in [1.165, 1.54) is 45.2 Å². The first-order chi connectivity index (χ1) is 8.74. The molecule has 0 bridgehead atoms. The zero-order valence-corrected chi connectivity index (χ0v) is 12.3. The van der Waals surface area contributed by atoms with Crippen LogP contribution in [0.25, 0.3) is 0 Å². The summed E-state index contributed by atoms with van der Waals surface area (Å²) in [5.41, 5.74) is 0. The van der Waals surface area contributed by atoms with Crippen LogP contribution in [0.1, 0.15) is 52.9 Å². The number of hydrogen-bond donors (Lipinski definition) is 1. The van der Waals surface area contributed by atoms with E-state index in [-0.39, 0.29) is 0 Å². The molecule has 0 aromatic rings. The molecule has 1 N–H and O–H groups in total. The summed E-state index contributed by atoms with van der Waals surface area (Å²) in [5.74, 6) is 0. The lowest BCUT2D eigenvalue weighted by atomic mass is 9.95. The monoisotopic (exact) mass is 254 g/mol. The summed E-state index contributed by atoms with van der Waals surface area (Å²) in [4.78, 5) is 2.79. The average molecular weight is 254 g/mol. The van der Waals surface area contributed by atoms with Gasteiger partial charge in [0.25, 0.3) is 0 Å². The van der Waals surface area contributed by atoms with Crippen molar-refractivity contribution in [3.63, 3.8) is 0 Å². The Bertz CT molecular complexity index is 247. The van der Waals surface area contributed by atoms with E-state index >= 15 is 0 Å². The summed E-state index contributed by atoms with van der Waals surface area (Å²) in [6, 6.07) is 2.18. The van der Waals surface area contributed by atoms with Gasteiger partial charge in [-0.25, -0.2) is 0 Å². The summed E-state index contributed by atoms with van der Waals surface area (Å²) in [6.07, 6.45) is 6.74. The molecule has 0 aromatic heterocycles. The molecule has 2 aliphatic rings. The normalized spacial score (nSPS) is 38.8. The first-order valence-corrected chi connectivity index (χ1v) is 7.85. The Hall–Kier alpha value is -0.120. The highest BCUT2D eigenvalue weighted by molar-refractivity contribution is 4.90. The molecule has 2 saturated heterocycles. The Morgan fingerprint density at radius 2 is 2.17 bits per heavy atom. The van der Waals surface area contributed by atoms with Crippen LogP contribution in [0.4, 0.5) is 0 Å². The third-order valence-electron chi connectivity index (χ3n) is 4.58. The van der Waals surface area contributed by atoms with Crippen LogP contribution in [0, 0.1) is 0 Å². The molecule has 0 radical (unpaired) electrons. The van der Waals surface area contributed by atoms with Crippen LogP contribution in [0.3, 0.4) is 0 Å². The zero-order valence-electron chi connectivity index (χ0n) is 12.3. The Kier molecular flexibility index (Phi) is 5.46. The minimum Gasteiger partial charge on any atom is -0.378 e. The molecular formula is C15H30N2O. The van der Waals surface area contributed by atoms with E-state index < -0.39 is 0 Å². The minimum atomic E-state index is 0.445. The predicted octanol–water partition coefficient (Wildman–Crippen LogP) is 2.41. The van der Waals surface area contributed by atoms with Crippen LogP contribution in [0.2, 0.25) is 0 Å². The van der Waals surface area contributed by atoms with E-state index in [2.05, 4.69) is 31.0 Å². The van der Waals surface area contributed by atoms with Gasteiger partial charge < -0.3 is 10.1 Å².